The second-order valence-electron chi connectivity index (χ2n) is 3.30. The molecule has 0 unspecified atom stereocenters. The fraction of sp³-hybridized carbons (Fsp3) is 0.417. The molecule has 0 fully saturated rings. The Bertz CT molecular complexity index is 357. The van der Waals surface area contributed by atoms with Crippen molar-refractivity contribution in [1.29, 1.82) is 5.26 Å². The van der Waals surface area contributed by atoms with E-state index in [9.17, 15) is 0 Å². The Morgan fingerprint density at radius 1 is 1.33 bits per heavy atom. The monoisotopic (exact) mass is 267 g/mol. The number of hydrogen-bond acceptors (Lipinski definition) is 2. The third-order valence-corrected chi connectivity index (χ3v) is 2.58. The molecule has 1 rings (SSSR count). The highest BCUT2D eigenvalue weighted by molar-refractivity contribution is 9.08. The van der Waals surface area contributed by atoms with Crippen molar-refractivity contribution in [2.45, 2.75) is 25.1 Å². The highest BCUT2D eigenvalue weighted by atomic mass is 79.9. The molecule has 2 nitrogen and oxygen atoms in total. The predicted molar refractivity (Wildman–Crippen MR) is 64.2 cm³/mol. The first-order valence-electron chi connectivity index (χ1n) is 4.98. The Morgan fingerprint density at radius 3 is 2.67 bits per heavy atom. The van der Waals surface area contributed by atoms with Gasteiger partial charge >= 0.3 is 0 Å². The van der Waals surface area contributed by atoms with Crippen LogP contribution in [0.15, 0.2) is 18.2 Å². The Morgan fingerprint density at radius 2 is 2.07 bits per heavy atom. The van der Waals surface area contributed by atoms with E-state index in [1.807, 2.05) is 18.2 Å². The van der Waals surface area contributed by atoms with E-state index in [-0.39, 0.29) is 0 Å². The number of halogens is 1. The molecule has 0 N–H and O–H groups in total. The summed E-state index contributed by atoms with van der Waals surface area (Å²) in [5, 5.41) is 9.43. The molecule has 1 aromatic rings. The second kappa shape index (κ2) is 6.47. The number of ether oxygens (including phenoxy) is 1. The molecule has 0 heterocycles. The molecule has 1 aromatic carbocycles. The maximum atomic E-state index is 8.65. The van der Waals surface area contributed by atoms with Gasteiger partial charge in [0.2, 0.25) is 0 Å². The number of nitriles is 1. The van der Waals surface area contributed by atoms with Crippen molar-refractivity contribution < 1.29 is 4.74 Å². The van der Waals surface area contributed by atoms with Crippen molar-refractivity contribution in [3.05, 3.63) is 29.3 Å². The molecule has 3 heteroatoms. The van der Waals surface area contributed by atoms with Crippen molar-refractivity contribution in [1.82, 2.24) is 0 Å². The van der Waals surface area contributed by atoms with Gasteiger partial charge in [-0.25, -0.2) is 0 Å². The lowest BCUT2D eigenvalue weighted by Gasteiger charge is -2.08. The Hall–Kier alpha value is -1.01. The van der Waals surface area contributed by atoms with E-state index in [0.29, 0.717) is 6.42 Å². The van der Waals surface area contributed by atoms with Crippen LogP contribution >= 0.6 is 15.9 Å². The minimum atomic E-state index is 0.434. The molecular formula is C12H14BrNO. The lowest BCUT2D eigenvalue weighted by molar-refractivity contribution is 0.317. The molecule has 0 aliphatic rings. The fourth-order valence-electron chi connectivity index (χ4n) is 1.30. The Labute approximate surface area is 99.0 Å². The molecule has 0 bridgehead atoms. The van der Waals surface area contributed by atoms with Gasteiger partial charge in [0.15, 0.2) is 0 Å². The predicted octanol–water partition coefficient (Wildman–Crippen LogP) is 3.44. The van der Waals surface area contributed by atoms with Crippen LogP contribution in [0.3, 0.4) is 0 Å². The molecular weight excluding hydrogens is 254 g/mol. The van der Waals surface area contributed by atoms with Crippen LogP contribution in [0, 0.1) is 11.3 Å². The molecule has 0 saturated carbocycles. The van der Waals surface area contributed by atoms with Crippen LogP contribution in [0.2, 0.25) is 0 Å². The van der Waals surface area contributed by atoms with E-state index in [1.54, 1.807) is 0 Å². The number of hydrogen-bond donors (Lipinski definition) is 0. The van der Waals surface area contributed by atoms with Crippen LogP contribution in [-0.4, -0.2) is 6.61 Å². The molecule has 0 spiro atoms. The van der Waals surface area contributed by atoms with Gasteiger partial charge in [-0.3, -0.25) is 0 Å². The van der Waals surface area contributed by atoms with Gasteiger partial charge in [0, 0.05) is 5.33 Å². The molecule has 0 aliphatic heterocycles. The van der Waals surface area contributed by atoms with Crippen LogP contribution < -0.4 is 4.74 Å². The summed E-state index contributed by atoms with van der Waals surface area (Å²) < 4.78 is 5.55. The first-order valence-corrected chi connectivity index (χ1v) is 6.10. The topological polar surface area (TPSA) is 33.0 Å². The molecule has 15 heavy (non-hydrogen) atoms. The Balaban J connectivity index is 2.85. The number of benzene rings is 1. The van der Waals surface area contributed by atoms with Crippen molar-refractivity contribution in [3.8, 4) is 11.8 Å². The normalized spacial score (nSPS) is 9.67. The minimum absolute atomic E-state index is 0.434. The van der Waals surface area contributed by atoms with Crippen LogP contribution in [0.4, 0.5) is 0 Å². The average Bonchev–Trinajstić information content (AvgIpc) is 2.26. The van der Waals surface area contributed by atoms with Gasteiger partial charge in [-0.15, -0.1) is 0 Å². The van der Waals surface area contributed by atoms with Crippen LogP contribution in [-0.2, 0) is 11.8 Å². The second-order valence-corrected chi connectivity index (χ2v) is 3.86. The van der Waals surface area contributed by atoms with Crippen LogP contribution in [0.25, 0.3) is 0 Å². The van der Waals surface area contributed by atoms with Gasteiger partial charge in [0.1, 0.15) is 5.75 Å². The van der Waals surface area contributed by atoms with Gasteiger partial charge in [-0.1, -0.05) is 28.9 Å². The van der Waals surface area contributed by atoms with Crippen LogP contribution in [0.5, 0.6) is 5.75 Å². The number of alkyl halides is 1. The average molecular weight is 268 g/mol. The summed E-state index contributed by atoms with van der Waals surface area (Å²) in [7, 11) is 0. The quantitative estimate of drug-likeness (QED) is 0.766. The lowest BCUT2D eigenvalue weighted by atomic mass is 10.1. The maximum absolute atomic E-state index is 8.65. The van der Waals surface area contributed by atoms with Gasteiger partial charge in [-0.2, -0.15) is 5.26 Å². The van der Waals surface area contributed by atoms with E-state index >= 15 is 0 Å². The van der Waals surface area contributed by atoms with Crippen molar-refractivity contribution in [2.75, 3.05) is 6.61 Å². The summed E-state index contributed by atoms with van der Waals surface area (Å²) in [5.41, 5.74) is 2.16. The summed E-state index contributed by atoms with van der Waals surface area (Å²) in [6.07, 6.45) is 1.43. The van der Waals surface area contributed by atoms with Crippen molar-refractivity contribution in [3.63, 3.8) is 0 Å². The number of rotatable bonds is 5. The van der Waals surface area contributed by atoms with E-state index in [4.69, 9.17) is 10.00 Å². The first kappa shape index (κ1) is 12.1. The largest absolute Gasteiger partial charge is 0.494 e. The van der Waals surface area contributed by atoms with Gasteiger partial charge < -0.3 is 4.74 Å². The molecule has 0 aliphatic carbocycles. The zero-order valence-electron chi connectivity index (χ0n) is 8.79. The third-order valence-electron chi connectivity index (χ3n) is 1.94. The molecule has 0 saturated heterocycles. The van der Waals surface area contributed by atoms with Gasteiger partial charge in [0.25, 0.3) is 0 Å². The molecule has 80 valence electrons. The van der Waals surface area contributed by atoms with E-state index in [2.05, 4.69) is 28.9 Å². The lowest BCUT2D eigenvalue weighted by Crippen LogP contribution is -1.97. The third kappa shape index (κ3) is 3.93. The highest BCUT2D eigenvalue weighted by Gasteiger charge is 2.01. The summed E-state index contributed by atoms with van der Waals surface area (Å²) >= 11 is 3.41. The fourth-order valence-corrected chi connectivity index (χ4v) is 1.63. The summed E-state index contributed by atoms with van der Waals surface area (Å²) in [6, 6.07) is 8.11. The summed E-state index contributed by atoms with van der Waals surface area (Å²) in [5.74, 6) is 0.860. The minimum Gasteiger partial charge on any atom is -0.494 e. The standard InChI is InChI=1S/C12H14BrNO/c1-2-5-15-12-7-10(3-4-14)6-11(8-12)9-13/h6-8H,2-3,5,9H2,1H3. The van der Waals surface area contributed by atoms with Gasteiger partial charge in [-0.05, 0) is 29.7 Å². The van der Waals surface area contributed by atoms with E-state index < -0.39 is 0 Å². The highest BCUT2D eigenvalue weighted by Crippen LogP contribution is 2.19. The Kier molecular flexibility index (Phi) is 5.20. The summed E-state index contributed by atoms with van der Waals surface area (Å²) in [6.45, 7) is 2.79. The maximum Gasteiger partial charge on any atom is 0.119 e. The van der Waals surface area contributed by atoms with E-state index in [0.717, 1.165) is 35.2 Å². The zero-order chi connectivity index (χ0) is 11.1. The zero-order valence-corrected chi connectivity index (χ0v) is 10.4. The number of nitrogens with zero attached hydrogens (tertiary/aromatic N) is 1. The molecule has 0 radical (unpaired) electrons. The van der Waals surface area contributed by atoms with Crippen molar-refractivity contribution in [2.24, 2.45) is 0 Å². The molecule has 0 aromatic heterocycles. The van der Waals surface area contributed by atoms with E-state index in [1.165, 1.54) is 0 Å². The summed E-state index contributed by atoms with van der Waals surface area (Å²) in [4.78, 5) is 0. The SMILES string of the molecule is CCCOc1cc(CBr)cc(CC#N)c1. The van der Waals surface area contributed by atoms with Crippen LogP contribution in [0.1, 0.15) is 24.5 Å². The molecule has 0 atom stereocenters. The first-order chi connectivity index (χ1) is 7.30. The van der Waals surface area contributed by atoms with Gasteiger partial charge in [0.05, 0.1) is 19.1 Å². The van der Waals surface area contributed by atoms with Crippen molar-refractivity contribution >= 4 is 15.9 Å². The smallest absolute Gasteiger partial charge is 0.119 e. The molecule has 0 amide bonds.